The number of amides is 4. The van der Waals surface area contributed by atoms with Crippen LogP contribution in [0.15, 0.2) is 24.3 Å². The molecule has 3 aliphatic rings. The van der Waals surface area contributed by atoms with E-state index in [1.807, 2.05) is 12.1 Å². The molecule has 0 radical (unpaired) electrons. The Kier molecular flexibility index (Phi) is 8.06. The fraction of sp³-hybridized carbons (Fsp3) is 0.536. The molecule has 3 heterocycles. The average Bonchev–Trinajstić information content (AvgIpc) is 3.74. The third-order valence-corrected chi connectivity index (χ3v) is 8.43. The van der Waals surface area contributed by atoms with Gasteiger partial charge in [0.25, 0.3) is 11.8 Å². The molecule has 5 atom stereocenters. The summed E-state index contributed by atoms with van der Waals surface area (Å²) in [6.45, 7) is 0.412. The largest absolute Gasteiger partial charge is 0.496 e. The lowest BCUT2D eigenvalue weighted by Crippen LogP contribution is -2.55. The smallest absolute Gasteiger partial charge is 0.289 e. The monoisotopic (exact) mass is 553 g/mol. The van der Waals surface area contributed by atoms with Crippen LogP contribution in [0.25, 0.3) is 10.9 Å². The molecule has 1 saturated carbocycles. The first-order chi connectivity index (χ1) is 19.3. The van der Waals surface area contributed by atoms with Crippen LogP contribution in [0, 0.1) is 17.8 Å². The quantitative estimate of drug-likeness (QED) is 0.260. The molecule has 2 aromatic rings. The number of carbonyl (C=O) groups is 5. The number of carbonyl (C=O) groups excluding carboxylic acids is 5. The molecule has 0 bridgehead atoms. The molecule has 0 spiro atoms. The van der Waals surface area contributed by atoms with Gasteiger partial charge in [-0.25, -0.2) is 0 Å². The number of aliphatic hydroxyl groups is 1. The Morgan fingerprint density at radius 3 is 2.75 bits per heavy atom. The van der Waals surface area contributed by atoms with E-state index in [4.69, 9.17) is 9.84 Å². The van der Waals surface area contributed by atoms with E-state index in [0.717, 1.165) is 30.2 Å². The zero-order valence-electron chi connectivity index (χ0n) is 22.4. The lowest BCUT2D eigenvalue weighted by Gasteiger charge is -2.29. The third-order valence-electron chi connectivity index (χ3n) is 8.43. The van der Waals surface area contributed by atoms with Crippen molar-refractivity contribution in [1.82, 2.24) is 25.8 Å². The van der Waals surface area contributed by atoms with Crippen molar-refractivity contribution in [2.45, 2.75) is 44.2 Å². The van der Waals surface area contributed by atoms with E-state index in [-0.39, 0.29) is 43.2 Å². The van der Waals surface area contributed by atoms with E-state index < -0.39 is 35.6 Å². The number of Topliss-reactive ketones (excluding diaryl/α,β-unsaturated/α-hetero) is 1. The highest BCUT2D eigenvalue weighted by molar-refractivity contribution is 6.38. The Morgan fingerprint density at radius 1 is 1.20 bits per heavy atom. The average molecular weight is 554 g/mol. The second-order valence-corrected chi connectivity index (χ2v) is 10.8. The van der Waals surface area contributed by atoms with Crippen molar-refractivity contribution >= 4 is 40.3 Å². The van der Waals surface area contributed by atoms with Crippen LogP contribution in [0.1, 0.15) is 42.6 Å². The minimum Gasteiger partial charge on any atom is -0.496 e. The summed E-state index contributed by atoms with van der Waals surface area (Å²) in [5.41, 5.74) is 1.06. The van der Waals surface area contributed by atoms with Crippen LogP contribution in [-0.2, 0) is 19.2 Å². The van der Waals surface area contributed by atoms with Crippen LogP contribution >= 0.6 is 0 Å². The van der Waals surface area contributed by atoms with Gasteiger partial charge in [0, 0.05) is 36.5 Å². The van der Waals surface area contributed by atoms with Crippen molar-refractivity contribution < 1.29 is 33.8 Å². The summed E-state index contributed by atoms with van der Waals surface area (Å²) in [5.74, 6) is -2.72. The van der Waals surface area contributed by atoms with Gasteiger partial charge in [-0.05, 0) is 55.7 Å². The molecule has 40 heavy (non-hydrogen) atoms. The fourth-order valence-electron chi connectivity index (χ4n) is 6.48. The van der Waals surface area contributed by atoms with Gasteiger partial charge in [-0.1, -0.05) is 12.5 Å². The van der Waals surface area contributed by atoms with Gasteiger partial charge in [0.2, 0.25) is 17.6 Å². The highest BCUT2D eigenvalue weighted by atomic mass is 16.5. The summed E-state index contributed by atoms with van der Waals surface area (Å²) >= 11 is 0. The molecule has 5 unspecified atom stereocenters. The van der Waals surface area contributed by atoms with E-state index in [1.165, 1.54) is 0 Å². The van der Waals surface area contributed by atoms with E-state index in [0.29, 0.717) is 31.0 Å². The van der Waals surface area contributed by atoms with Crippen molar-refractivity contribution in [2.24, 2.45) is 17.8 Å². The predicted octanol–water partition coefficient (Wildman–Crippen LogP) is 0.106. The van der Waals surface area contributed by atoms with Crippen LogP contribution in [0.5, 0.6) is 5.75 Å². The molecular weight excluding hydrogens is 518 g/mol. The SMILES string of the molecule is COc1cccc2[nH]c(C(=O)N3CC4CCCC4C3C(=O)NC(CC3CCNC3=O)C(=O)C(=O)NCCO)cc12. The normalized spacial score (nSPS) is 24.4. The topological polar surface area (TPSA) is 170 Å². The van der Waals surface area contributed by atoms with Crippen LogP contribution in [0.4, 0.5) is 0 Å². The minimum atomic E-state index is -1.24. The number of fused-ring (bicyclic) bond motifs is 2. The minimum absolute atomic E-state index is 0.0282. The Morgan fingerprint density at radius 2 is 2.02 bits per heavy atom. The number of benzene rings is 1. The van der Waals surface area contributed by atoms with E-state index >= 15 is 0 Å². The van der Waals surface area contributed by atoms with Gasteiger partial charge in [-0.3, -0.25) is 24.0 Å². The number of aliphatic hydroxyl groups excluding tert-OH is 1. The van der Waals surface area contributed by atoms with Gasteiger partial charge in [0.1, 0.15) is 17.5 Å². The van der Waals surface area contributed by atoms with Crippen molar-refractivity contribution in [1.29, 1.82) is 0 Å². The molecule has 5 N–H and O–H groups in total. The van der Waals surface area contributed by atoms with Crippen molar-refractivity contribution in [2.75, 3.05) is 33.4 Å². The maximum atomic E-state index is 13.9. The summed E-state index contributed by atoms with van der Waals surface area (Å²) in [4.78, 5) is 70.2. The summed E-state index contributed by atoms with van der Waals surface area (Å²) in [5, 5.41) is 17.6. The lowest BCUT2D eigenvalue weighted by molar-refractivity contribution is -0.141. The summed E-state index contributed by atoms with van der Waals surface area (Å²) in [7, 11) is 1.56. The van der Waals surface area contributed by atoms with Gasteiger partial charge in [0.15, 0.2) is 0 Å². The number of aromatic amines is 1. The first kappa shape index (κ1) is 27.6. The highest BCUT2D eigenvalue weighted by Gasteiger charge is 2.50. The lowest BCUT2D eigenvalue weighted by atomic mass is 9.91. The van der Waals surface area contributed by atoms with Crippen molar-refractivity contribution in [3.63, 3.8) is 0 Å². The second kappa shape index (κ2) is 11.7. The first-order valence-corrected chi connectivity index (χ1v) is 13.8. The van der Waals surface area contributed by atoms with E-state index in [9.17, 15) is 24.0 Å². The van der Waals surface area contributed by atoms with Gasteiger partial charge in [0.05, 0.1) is 19.8 Å². The molecule has 2 saturated heterocycles. The predicted molar refractivity (Wildman–Crippen MR) is 143 cm³/mol. The molecule has 214 valence electrons. The zero-order valence-corrected chi connectivity index (χ0v) is 22.4. The highest BCUT2D eigenvalue weighted by Crippen LogP contribution is 2.43. The molecule has 4 amide bonds. The number of ketones is 1. The van der Waals surface area contributed by atoms with E-state index in [2.05, 4.69) is 20.9 Å². The number of nitrogens with zero attached hydrogens (tertiary/aromatic N) is 1. The molecule has 1 aliphatic carbocycles. The maximum absolute atomic E-state index is 13.9. The first-order valence-electron chi connectivity index (χ1n) is 13.8. The molecule has 2 aliphatic heterocycles. The summed E-state index contributed by atoms with van der Waals surface area (Å²) in [6.07, 6.45) is 3.07. The molecule has 1 aromatic carbocycles. The Balaban J connectivity index is 1.40. The van der Waals surface area contributed by atoms with E-state index in [1.54, 1.807) is 24.1 Å². The van der Waals surface area contributed by atoms with Crippen molar-refractivity contribution in [3.05, 3.63) is 30.0 Å². The number of hydrogen-bond donors (Lipinski definition) is 5. The zero-order chi connectivity index (χ0) is 28.4. The van der Waals surface area contributed by atoms with Crippen LogP contribution < -0.4 is 20.7 Å². The van der Waals surface area contributed by atoms with Gasteiger partial charge in [-0.2, -0.15) is 0 Å². The van der Waals surface area contributed by atoms with Crippen molar-refractivity contribution in [3.8, 4) is 5.75 Å². The number of methoxy groups -OCH3 is 1. The standard InChI is InChI=1S/C28H35N5O7/c1-40-22-7-3-6-19-18(22)13-21(31-19)28(39)33-14-16-4-2-5-17(16)23(33)26(37)32-20(12-15-8-9-29-25(15)36)24(35)27(38)30-10-11-34/h3,6-7,13,15-17,20,23,31,34H,2,4-5,8-12,14H2,1H3,(H,29,36)(H,30,38)(H,32,37). The molecule has 12 nitrogen and oxygen atoms in total. The number of aromatic nitrogens is 1. The van der Waals surface area contributed by atoms with Gasteiger partial charge in [-0.15, -0.1) is 0 Å². The van der Waals surface area contributed by atoms with Gasteiger partial charge >= 0.3 is 0 Å². The Labute approximate surface area is 231 Å². The van der Waals surface area contributed by atoms with Gasteiger partial charge < -0.3 is 35.7 Å². The molecular formula is C28H35N5O7. The van der Waals surface area contributed by atoms with Crippen LogP contribution in [0.2, 0.25) is 0 Å². The number of likely N-dealkylation sites (tertiary alicyclic amines) is 1. The van der Waals surface area contributed by atoms with Crippen LogP contribution in [-0.4, -0.2) is 89.8 Å². The fourth-order valence-corrected chi connectivity index (χ4v) is 6.48. The number of H-pyrrole nitrogens is 1. The van der Waals surface area contributed by atoms with Crippen LogP contribution in [0.3, 0.4) is 0 Å². The third kappa shape index (κ3) is 5.27. The number of nitrogens with one attached hydrogen (secondary N) is 4. The second-order valence-electron chi connectivity index (χ2n) is 10.8. The Hall–Kier alpha value is -3.93. The molecule has 1 aromatic heterocycles. The number of ether oxygens (including phenoxy) is 1. The summed E-state index contributed by atoms with van der Waals surface area (Å²) in [6, 6.07) is 5.13. The number of rotatable bonds is 10. The number of hydrogen-bond acceptors (Lipinski definition) is 7. The molecule has 3 fully saturated rings. The molecule has 12 heteroatoms. The Bertz CT molecular complexity index is 1320. The summed E-state index contributed by atoms with van der Waals surface area (Å²) < 4.78 is 5.42. The maximum Gasteiger partial charge on any atom is 0.289 e. The molecule has 5 rings (SSSR count).